The third-order valence-corrected chi connectivity index (χ3v) is 1.79. The summed E-state index contributed by atoms with van der Waals surface area (Å²) in [5, 5.41) is 0. The first kappa shape index (κ1) is 9.79. The van der Waals surface area contributed by atoms with Gasteiger partial charge in [-0.3, -0.25) is 0 Å². The predicted octanol–water partition coefficient (Wildman–Crippen LogP) is 3.95. The maximum Gasteiger partial charge on any atom is -0.0345 e. The zero-order chi connectivity index (χ0) is 9.19. The molecule has 0 radical (unpaired) electrons. The molecule has 0 N–H and O–H groups in total. The number of hydrogen-bond donors (Lipinski definition) is 0. The summed E-state index contributed by atoms with van der Waals surface area (Å²) in [5.41, 5.74) is 0. The minimum absolute atomic E-state index is 1.17. The summed E-state index contributed by atoms with van der Waals surface area (Å²) in [6, 6.07) is 0. The van der Waals surface area contributed by atoms with E-state index < -0.39 is 0 Å². The second-order valence-electron chi connectivity index (χ2n) is 2.94. The monoisotopic (exact) mass is 172 g/mol. The largest absolute Gasteiger partial charge is 0.0845 e. The molecule has 1 aliphatic carbocycles. The van der Waals surface area contributed by atoms with Gasteiger partial charge in [0.1, 0.15) is 0 Å². The van der Waals surface area contributed by atoms with Crippen LogP contribution in [0.2, 0.25) is 0 Å². The molecule has 0 saturated carbocycles. The third kappa shape index (κ3) is 5.92. The summed E-state index contributed by atoms with van der Waals surface area (Å²) in [4.78, 5) is 0. The second kappa shape index (κ2) is 7.35. The second-order valence-corrected chi connectivity index (χ2v) is 2.94. The molecule has 0 bridgehead atoms. The van der Waals surface area contributed by atoms with Crippen LogP contribution in [0.1, 0.15) is 19.3 Å². The van der Waals surface area contributed by atoms with Crippen molar-refractivity contribution in [3.05, 3.63) is 60.8 Å². The van der Waals surface area contributed by atoms with E-state index in [1.54, 1.807) is 0 Å². The van der Waals surface area contributed by atoms with Crippen molar-refractivity contribution in [3.63, 3.8) is 0 Å². The maximum absolute atomic E-state index is 2.21. The molecule has 0 heterocycles. The van der Waals surface area contributed by atoms with Gasteiger partial charge in [0.15, 0.2) is 0 Å². The summed E-state index contributed by atoms with van der Waals surface area (Å²) in [6.45, 7) is 0. The van der Waals surface area contributed by atoms with Gasteiger partial charge in [0.25, 0.3) is 0 Å². The molecule has 13 heavy (non-hydrogen) atoms. The van der Waals surface area contributed by atoms with Crippen LogP contribution in [0, 0.1) is 0 Å². The van der Waals surface area contributed by atoms with Crippen LogP contribution in [0.3, 0.4) is 0 Å². The minimum atomic E-state index is 1.17. The van der Waals surface area contributed by atoms with Crippen LogP contribution in [-0.4, -0.2) is 0 Å². The first-order valence-electron chi connectivity index (χ1n) is 4.82. The van der Waals surface area contributed by atoms with Crippen molar-refractivity contribution < 1.29 is 0 Å². The zero-order valence-corrected chi connectivity index (χ0v) is 7.89. The van der Waals surface area contributed by atoms with Crippen LogP contribution in [0.4, 0.5) is 0 Å². The van der Waals surface area contributed by atoms with Gasteiger partial charge in [0, 0.05) is 0 Å². The molecule has 0 spiro atoms. The van der Waals surface area contributed by atoms with Crippen molar-refractivity contribution in [1.82, 2.24) is 0 Å². The lowest BCUT2D eigenvalue weighted by atomic mass is 10.2. The molecule has 0 unspecified atom stereocenters. The van der Waals surface area contributed by atoms with Gasteiger partial charge in [-0.25, -0.2) is 0 Å². The molecule has 68 valence electrons. The molecule has 0 aromatic carbocycles. The Balaban J connectivity index is 2.51. The molecule has 0 amide bonds. The standard InChI is InChI=1S/C13H16/c1-2-4-6-8-10-12-13-11-9-7-5-3-1/h1-10H,11-13H2/b2-1-,5-3+,6-4?,9-7+,10-8?. The van der Waals surface area contributed by atoms with Gasteiger partial charge in [0.2, 0.25) is 0 Å². The van der Waals surface area contributed by atoms with Gasteiger partial charge >= 0.3 is 0 Å². The summed E-state index contributed by atoms with van der Waals surface area (Å²) in [6.07, 6.45) is 24.5. The molecule has 0 atom stereocenters. The Labute approximate surface area is 80.7 Å². The fourth-order valence-corrected chi connectivity index (χ4v) is 1.09. The van der Waals surface area contributed by atoms with Crippen LogP contribution >= 0.6 is 0 Å². The lowest BCUT2D eigenvalue weighted by molar-refractivity contribution is 0.868. The summed E-state index contributed by atoms with van der Waals surface area (Å²) in [5.74, 6) is 0. The lowest BCUT2D eigenvalue weighted by Gasteiger charge is -1.87. The number of hydrogen-bond acceptors (Lipinski definition) is 0. The normalized spacial score (nSPS) is 25.2. The average Bonchev–Trinajstić information content (AvgIpc) is 2.18. The number of allylic oxidation sites excluding steroid dienone is 10. The van der Waals surface area contributed by atoms with Crippen molar-refractivity contribution in [1.29, 1.82) is 0 Å². The van der Waals surface area contributed by atoms with E-state index in [2.05, 4.69) is 36.5 Å². The average molecular weight is 172 g/mol. The quantitative estimate of drug-likeness (QED) is 0.519. The van der Waals surface area contributed by atoms with E-state index in [1.807, 2.05) is 24.3 Å². The predicted molar refractivity (Wildman–Crippen MR) is 59.6 cm³/mol. The van der Waals surface area contributed by atoms with Crippen LogP contribution in [0.25, 0.3) is 0 Å². The summed E-state index contributed by atoms with van der Waals surface area (Å²) >= 11 is 0. The van der Waals surface area contributed by atoms with Gasteiger partial charge in [-0.15, -0.1) is 0 Å². The molecule has 0 aromatic rings. The number of rotatable bonds is 0. The highest BCUT2D eigenvalue weighted by Gasteiger charge is 1.78. The molecule has 0 nitrogen and oxygen atoms in total. The lowest BCUT2D eigenvalue weighted by Crippen LogP contribution is -1.67. The molecule has 0 aliphatic heterocycles. The van der Waals surface area contributed by atoms with E-state index in [0.29, 0.717) is 0 Å². The molecule has 0 aromatic heterocycles. The fourth-order valence-electron chi connectivity index (χ4n) is 1.09. The third-order valence-electron chi connectivity index (χ3n) is 1.79. The van der Waals surface area contributed by atoms with Gasteiger partial charge < -0.3 is 0 Å². The highest BCUT2D eigenvalue weighted by Crippen LogP contribution is 1.99. The highest BCUT2D eigenvalue weighted by atomic mass is 13.8. The Kier molecular flexibility index (Phi) is 5.54. The molecular weight excluding hydrogens is 156 g/mol. The Morgan fingerprint density at radius 3 is 1.31 bits per heavy atom. The molecular formula is C13H16. The molecule has 1 rings (SSSR count). The van der Waals surface area contributed by atoms with Crippen LogP contribution in [0.5, 0.6) is 0 Å². The Hall–Kier alpha value is -1.30. The SMILES string of the molecule is C1=C\C=C/C=C/C=C/CCCC=C1. The Morgan fingerprint density at radius 2 is 0.846 bits per heavy atom. The first-order chi connectivity index (χ1) is 6.50. The van der Waals surface area contributed by atoms with Crippen molar-refractivity contribution in [2.75, 3.05) is 0 Å². The molecule has 0 heteroatoms. The van der Waals surface area contributed by atoms with Gasteiger partial charge in [0.05, 0.1) is 0 Å². The van der Waals surface area contributed by atoms with Crippen LogP contribution in [-0.2, 0) is 0 Å². The fraction of sp³-hybridized carbons (Fsp3) is 0.231. The Bertz CT molecular complexity index is 223. The van der Waals surface area contributed by atoms with Crippen molar-refractivity contribution >= 4 is 0 Å². The highest BCUT2D eigenvalue weighted by molar-refractivity contribution is 5.18. The topological polar surface area (TPSA) is 0 Å². The zero-order valence-electron chi connectivity index (χ0n) is 7.89. The van der Waals surface area contributed by atoms with Crippen molar-refractivity contribution in [2.24, 2.45) is 0 Å². The van der Waals surface area contributed by atoms with Crippen molar-refractivity contribution in [3.8, 4) is 0 Å². The van der Waals surface area contributed by atoms with E-state index in [4.69, 9.17) is 0 Å². The van der Waals surface area contributed by atoms with Crippen LogP contribution in [0.15, 0.2) is 60.8 Å². The summed E-state index contributed by atoms with van der Waals surface area (Å²) in [7, 11) is 0. The maximum atomic E-state index is 2.21. The van der Waals surface area contributed by atoms with E-state index >= 15 is 0 Å². The van der Waals surface area contributed by atoms with Crippen LogP contribution < -0.4 is 0 Å². The molecule has 0 saturated heterocycles. The summed E-state index contributed by atoms with van der Waals surface area (Å²) < 4.78 is 0. The van der Waals surface area contributed by atoms with E-state index in [-0.39, 0.29) is 0 Å². The molecule has 0 fully saturated rings. The van der Waals surface area contributed by atoms with E-state index in [0.717, 1.165) is 0 Å². The van der Waals surface area contributed by atoms with E-state index in [1.165, 1.54) is 19.3 Å². The molecule has 1 aliphatic rings. The van der Waals surface area contributed by atoms with Gasteiger partial charge in [-0.05, 0) is 19.3 Å². The smallest absolute Gasteiger partial charge is 0.0345 e. The first-order valence-corrected chi connectivity index (χ1v) is 4.82. The Morgan fingerprint density at radius 1 is 0.462 bits per heavy atom. The van der Waals surface area contributed by atoms with Gasteiger partial charge in [-0.2, -0.15) is 0 Å². The minimum Gasteiger partial charge on any atom is -0.0845 e. The van der Waals surface area contributed by atoms with Gasteiger partial charge in [-0.1, -0.05) is 60.8 Å². The van der Waals surface area contributed by atoms with Crippen molar-refractivity contribution in [2.45, 2.75) is 19.3 Å². The van der Waals surface area contributed by atoms with E-state index in [9.17, 15) is 0 Å².